The van der Waals surface area contributed by atoms with Crippen molar-refractivity contribution < 1.29 is 28.9 Å². The van der Waals surface area contributed by atoms with E-state index in [9.17, 15) is 14.7 Å². The van der Waals surface area contributed by atoms with Crippen LogP contribution in [0.15, 0.2) is 78.4 Å². The molecule has 1 aliphatic heterocycles. The van der Waals surface area contributed by atoms with Crippen LogP contribution in [0.3, 0.4) is 0 Å². The fourth-order valence-electron chi connectivity index (χ4n) is 4.10. The molecular formula is C27H25NO6. The van der Waals surface area contributed by atoms with Crippen molar-refractivity contribution in [3.05, 3.63) is 95.1 Å². The third kappa shape index (κ3) is 4.20. The Morgan fingerprint density at radius 1 is 0.853 bits per heavy atom. The average molecular weight is 459 g/mol. The first-order valence-electron chi connectivity index (χ1n) is 10.7. The quantitative estimate of drug-likeness (QED) is 0.322. The number of ketones is 1. The highest BCUT2D eigenvalue weighted by Crippen LogP contribution is 2.42. The van der Waals surface area contributed by atoms with Gasteiger partial charge in [0, 0.05) is 12.1 Å². The second-order valence-electron chi connectivity index (χ2n) is 7.76. The minimum atomic E-state index is -0.817. The zero-order chi connectivity index (χ0) is 24.2. The van der Waals surface area contributed by atoms with Crippen LogP contribution in [0.4, 0.5) is 0 Å². The van der Waals surface area contributed by atoms with Gasteiger partial charge < -0.3 is 24.2 Å². The Hall–Kier alpha value is -4.26. The number of methoxy groups -OCH3 is 3. The third-order valence-corrected chi connectivity index (χ3v) is 5.82. The van der Waals surface area contributed by atoms with Crippen LogP contribution in [0.25, 0.3) is 5.76 Å². The zero-order valence-corrected chi connectivity index (χ0v) is 19.1. The van der Waals surface area contributed by atoms with Crippen LogP contribution in [0.1, 0.15) is 22.7 Å². The van der Waals surface area contributed by atoms with E-state index in [1.165, 1.54) is 19.1 Å². The molecule has 0 aliphatic carbocycles. The molecule has 1 aliphatic rings. The van der Waals surface area contributed by atoms with Crippen molar-refractivity contribution >= 4 is 17.4 Å². The molecule has 0 radical (unpaired) electrons. The lowest BCUT2D eigenvalue weighted by Crippen LogP contribution is -2.29. The summed E-state index contributed by atoms with van der Waals surface area (Å²) in [6, 6.07) is 20.4. The SMILES string of the molecule is COc1ccc(/C(O)=C2\C(=O)C(=O)N(Cc3ccccc3)C2c2ccc(OC)c(OC)c2)cc1. The van der Waals surface area contributed by atoms with Gasteiger partial charge in [-0.15, -0.1) is 0 Å². The standard InChI is InChI=1S/C27H25NO6/c1-32-20-12-9-18(10-13-20)25(29)23-24(19-11-14-21(33-2)22(15-19)34-3)28(27(31)26(23)30)16-17-7-5-4-6-8-17/h4-15,24,29H,16H2,1-3H3/b25-23+. The second-order valence-corrected chi connectivity index (χ2v) is 7.76. The molecule has 0 saturated carbocycles. The molecule has 1 unspecified atom stereocenters. The number of rotatable bonds is 7. The average Bonchev–Trinajstić information content (AvgIpc) is 3.13. The van der Waals surface area contributed by atoms with Gasteiger partial charge in [-0.3, -0.25) is 9.59 Å². The number of hydrogen-bond donors (Lipinski definition) is 1. The Labute approximate surface area is 197 Å². The lowest BCUT2D eigenvalue weighted by atomic mass is 9.94. The fourth-order valence-corrected chi connectivity index (χ4v) is 4.10. The first-order chi connectivity index (χ1) is 16.5. The van der Waals surface area contributed by atoms with Gasteiger partial charge in [0.1, 0.15) is 11.5 Å². The molecule has 7 heteroatoms. The molecule has 1 heterocycles. The summed E-state index contributed by atoms with van der Waals surface area (Å²) in [6.07, 6.45) is 0. The Morgan fingerprint density at radius 2 is 1.53 bits per heavy atom. The van der Waals surface area contributed by atoms with Gasteiger partial charge in [-0.1, -0.05) is 36.4 Å². The summed E-state index contributed by atoms with van der Waals surface area (Å²) >= 11 is 0. The van der Waals surface area contributed by atoms with Crippen LogP contribution in [-0.4, -0.2) is 43.0 Å². The molecule has 0 aromatic heterocycles. The maximum Gasteiger partial charge on any atom is 0.295 e. The van der Waals surface area contributed by atoms with Gasteiger partial charge in [-0.25, -0.2) is 0 Å². The van der Waals surface area contributed by atoms with Crippen molar-refractivity contribution in [1.82, 2.24) is 4.90 Å². The predicted molar refractivity (Wildman–Crippen MR) is 127 cm³/mol. The molecule has 34 heavy (non-hydrogen) atoms. The van der Waals surface area contributed by atoms with Gasteiger partial charge in [0.15, 0.2) is 11.5 Å². The number of carbonyl (C=O) groups is 2. The summed E-state index contributed by atoms with van der Waals surface area (Å²) in [5.41, 5.74) is 1.89. The van der Waals surface area contributed by atoms with Crippen LogP contribution in [0.5, 0.6) is 17.2 Å². The predicted octanol–water partition coefficient (Wildman–Crippen LogP) is 4.33. The smallest absolute Gasteiger partial charge is 0.295 e. The van der Waals surface area contributed by atoms with E-state index in [-0.39, 0.29) is 17.9 Å². The van der Waals surface area contributed by atoms with E-state index in [1.807, 2.05) is 30.3 Å². The Bertz CT molecular complexity index is 1230. The van der Waals surface area contributed by atoms with Crippen molar-refractivity contribution in [3.8, 4) is 17.2 Å². The van der Waals surface area contributed by atoms with Gasteiger partial charge >= 0.3 is 0 Å². The number of aliphatic hydroxyl groups is 1. The third-order valence-electron chi connectivity index (χ3n) is 5.82. The van der Waals surface area contributed by atoms with E-state index in [0.717, 1.165) is 5.56 Å². The normalized spacial score (nSPS) is 17.0. The van der Waals surface area contributed by atoms with Crippen LogP contribution >= 0.6 is 0 Å². The summed E-state index contributed by atoms with van der Waals surface area (Å²) in [5.74, 6) is -0.104. The highest BCUT2D eigenvalue weighted by molar-refractivity contribution is 6.46. The molecule has 4 rings (SSSR count). The summed E-state index contributed by atoms with van der Waals surface area (Å²) in [6.45, 7) is 0.198. The lowest BCUT2D eigenvalue weighted by Gasteiger charge is -2.26. The molecular weight excluding hydrogens is 434 g/mol. The number of nitrogens with zero attached hydrogens (tertiary/aromatic N) is 1. The molecule has 3 aromatic carbocycles. The van der Waals surface area contributed by atoms with E-state index >= 15 is 0 Å². The molecule has 1 amide bonds. The van der Waals surface area contributed by atoms with Crippen molar-refractivity contribution in [1.29, 1.82) is 0 Å². The highest BCUT2D eigenvalue weighted by atomic mass is 16.5. The largest absolute Gasteiger partial charge is 0.507 e. The van der Waals surface area contributed by atoms with Crippen LogP contribution in [0, 0.1) is 0 Å². The molecule has 0 bridgehead atoms. The number of likely N-dealkylation sites (tertiary alicyclic amines) is 1. The first-order valence-corrected chi connectivity index (χ1v) is 10.7. The fraction of sp³-hybridized carbons (Fsp3) is 0.185. The van der Waals surface area contributed by atoms with E-state index < -0.39 is 17.7 Å². The molecule has 1 atom stereocenters. The van der Waals surface area contributed by atoms with Crippen LogP contribution in [0.2, 0.25) is 0 Å². The van der Waals surface area contributed by atoms with E-state index in [1.54, 1.807) is 49.6 Å². The number of hydrogen-bond acceptors (Lipinski definition) is 6. The number of ether oxygens (including phenoxy) is 3. The number of benzene rings is 3. The Balaban J connectivity index is 1.87. The second kappa shape index (κ2) is 9.70. The molecule has 1 fully saturated rings. The van der Waals surface area contributed by atoms with Crippen LogP contribution in [-0.2, 0) is 16.1 Å². The number of Topliss-reactive ketones (excluding diaryl/α,β-unsaturated/α-hetero) is 1. The first kappa shape index (κ1) is 22.9. The minimum absolute atomic E-state index is 0.0123. The molecule has 3 aromatic rings. The maximum absolute atomic E-state index is 13.2. The summed E-state index contributed by atoms with van der Waals surface area (Å²) in [4.78, 5) is 27.9. The molecule has 7 nitrogen and oxygen atoms in total. The van der Waals surface area contributed by atoms with Crippen molar-refractivity contribution in [2.24, 2.45) is 0 Å². The van der Waals surface area contributed by atoms with Crippen molar-refractivity contribution in [2.45, 2.75) is 12.6 Å². The molecule has 0 spiro atoms. The summed E-state index contributed by atoms with van der Waals surface area (Å²) in [5, 5.41) is 11.2. The molecule has 1 saturated heterocycles. The number of amides is 1. The highest BCUT2D eigenvalue weighted by Gasteiger charge is 2.46. The Morgan fingerprint density at radius 3 is 2.15 bits per heavy atom. The lowest BCUT2D eigenvalue weighted by molar-refractivity contribution is -0.140. The Kier molecular flexibility index (Phi) is 6.54. The minimum Gasteiger partial charge on any atom is -0.507 e. The van der Waals surface area contributed by atoms with Gasteiger partial charge in [-0.05, 0) is 47.5 Å². The van der Waals surface area contributed by atoms with Gasteiger partial charge in [0.2, 0.25) is 0 Å². The van der Waals surface area contributed by atoms with Gasteiger partial charge in [0.25, 0.3) is 11.7 Å². The van der Waals surface area contributed by atoms with Crippen molar-refractivity contribution in [2.75, 3.05) is 21.3 Å². The topological polar surface area (TPSA) is 85.3 Å². The number of aliphatic hydroxyl groups excluding tert-OH is 1. The monoisotopic (exact) mass is 459 g/mol. The summed E-state index contributed by atoms with van der Waals surface area (Å²) < 4.78 is 16.0. The molecule has 1 N–H and O–H groups in total. The summed E-state index contributed by atoms with van der Waals surface area (Å²) in [7, 11) is 4.59. The van der Waals surface area contributed by atoms with Crippen molar-refractivity contribution in [3.63, 3.8) is 0 Å². The maximum atomic E-state index is 13.2. The van der Waals surface area contributed by atoms with E-state index in [2.05, 4.69) is 0 Å². The van der Waals surface area contributed by atoms with E-state index in [4.69, 9.17) is 14.2 Å². The number of carbonyl (C=O) groups excluding carboxylic acids is 2. The van der Waals surface area contributed by atoms with Crippen LogP contribution < -0.4 is 14.2 Å². The van der Waals surface area contributed by atoms with E-state index in [0.29, 0.717) is 28.4 Å². The van der Waals surface area contributed by atoms with Gasteiger partial charge in [-0.2, -0.15) is 0 Å². The van der Waals surface area contributed by atoms with Gasteiger partial charge in [0.05, 0.1) is 32.9 Å². The molecule has 174 valence electrons. The zero-order valence-electron chi connectivity index (χ0n) is 19.1.